The van der Waals surface area contributed by atoms with E-state index in [-0.39, 0.29) is 0 Å². The molecule has 0 bridgehead atoms. The molecule has 2 aromatic carbocycles. The van der Waals surface area contributed by atoms with Crippen molar-refractivity contribution < 1.29 is 4.57 Å². The highest BCUT2D eigenvalue weighted by Gasteiger charge is 2.14. The number of hydrogen-bond acceptors (Lipinski definition) is 0. The summed E-state index contributed by atoms with van der Waals surface area (Å²) in [5.41, 5.74) is 7.79. The fourth-order valence-corrected chi connectivity index (χ4v) is 2.88. The molecule has 1 aromatic heterocycles. The van der Waals surface area contributed by atoms with Crippen molar-refractivity contribution in [2.45, 2.75) is 20.3 Å². The molecule has 0 aliphatic rings. The Morgan fingerprint density at radius 1 is 0.864 bits per heavy atom. The van der Waals surface area contributed by atoms with E-state index in [1.807, 2.05) is 0 Å². The second-order valence-electron chi connectivity index (χ2n) is 5.78. The van der Waals surface area contributed by atoms with Gasteiger partial charge in [0.2, 0.25) is 5.69 Å². The molecule has 0 spiro atoms. The van der Waals surface area contributed by atoms with Gasteiger partial charge >= 0.3 is 0 Å². The molecule has 0 saturated heterocycles. The van der Waals surface area contributed by atoms with Gasteiger partial charge in [0.1, 0.15) is 7.05 Å². The molecule has 0 unspecified atom stereocenters. The third-order valence-corrected chi connectivity index (χ3v) is 4.23. The first-order valence-electron chi connectivity index (χ1n) is 7.84. The number of hydrogen-bond donors (Lipinski definition) is 0. The molecule has 0 radical (unpaired) electrons. The lowest BCUT2D eigenvalue weighted by Gasteiger charge is -2.08. The van der Waals surface area contributed by atoms with Crippen LogP contribution in [0.1, 0.15) is 18.1 Å². The van der Waals surface area contributed by atoms with E-state index in [2.05, 4.69) is 92.3 Å². The molecule has 3 rings (SSSR count). The van der Waals surface area contributed by atoms with Crippen LogP contribution in [0.25, 0.3) is 22.4 Å². The van der Waals surface area contributed by atoms with Crippen LogP contribution in [0, 0.1) is 6.92 Å². The van der Waals surface area contributed by atoms with Gasteiger partial charge in [0.25, 0.3) is 0 Å². The van der Waals surface area contributed by atoms with E-state index in [4.69, 9.17) is 0 Å². The minimum Gasteiger partial charge on any atom is -0.201 e. The Kier molecular flexibility index (Phi) is 4.06. The standard InChI is InChI=1S/C21H22N/c1-4-17-10-11-20(16(2)14-17)21-15-19(12-13-22(21)3)18-8-6-5-7-9-18/h5-15H,4H2,1-3H3/q+1. The smallest absolute Gasteiger partial charge is 0.201 e. The summed E-state index contributed by atoms with van der Waals surface area (Å²) in [5.74, 6) is 0. The van der Waals surface area contributed by atoms with Crippen LogP contribution in [0.5, 0.6) is 0 Å². The predicted octanol–water partition coefficient (Wildman–Crippen LogP) is 4.72. The van der Waals surface area contributed by atoms with Crippen molar-refractivity contribution in [2.24, 2.45) is 7.05 Å². The summed E-state index contributed by atoms with van der Waals surface area (Å²) in [6, 6.07) is 21.8. The zero-order valence-electron chi connectivity index (χ0n) is 13.5. The van der Waals surface area contributed by atoms with Crippen LogP contribution in [0.4, 0.5) is 0 Å². The van der Waals surface area contributed by atoms with Crippen LogP contribution in [0.15, 0.2) is 66.9 Å². The van der Waals surface area contributed by atoms with Gasteiger partial charge in [-0.05, 0) is 41.7 Å². The van der Waals surface area contributed by atoms with Crippen LogP contribution in [-0.4, -0.2) is 0 Å². The lowest BCUT2D eigenvalue weighted by molar-refractivity contribution is -0.660. The molecule has 0 N–H and O–H groups in total. The Morgan fingerprint density at radius 3 is 2.32 bits per heavy atom. The van der Waals surface area contributed by atoms with Crippen LogP contribution in [0.2, 0.25) is 0 Å². The second kappa shape index (κ2) is 6.15. The van der Waals surface area contributed by atoms with Gasteiger partial charge in [-0.3, -0.25) is 0 Å². The van der Waals surface area contributed by atoms with Crippen molar-refractivity contribution in [1.82, 2.24) is 0 Å². The Labute approximate surface area is 132 Å². The van der Waals surface area contributed by atoms with Crippen LogP contribution in [-0.2, 0) is 13.5 Å². The Morgan fingerprint density at radius 2 is 1.64 bits per heavy atom. The zero-order chi connectivity index (χ0) is 15.5. The zero-order valence-corrected chi connectivity index (χ0v) is 13.5. The molecular weight excluding hydrogens is 266 g/mol. The van der Waals surface area contributed by atoms with Crippen molar-refractivity contribution in [1.29, 1.82) is 0 Å². The molecule has 0 saturated carbocycles. The first-order valence-corrected chi connectivity index (χ1v) is 7.84. The summed E-state index contributed by atoms with van der Waals surface area (Å²) < 4.78 is 2.19. The topological polar surface area (TPSA) is 3.88 Å². The maximum absolute atomic E-state index is 2.30. The van der Waals surface area contributed by atoms with Gasteiger partial charge in [-0.2, -0.15) is 0 Å². The molecule has 22 heavy (non-hydrogen) atoms. The summed E-state index contributed by atoms with van der Waals surface area (Å²) in [6.07, 6.45) is 3.22. The quantitative estimate of drug-likeness (QED) is 0.614. The fourth-order valence-electron chi connectivity index (χ4n) is 2.88. The molecule has 1 heterocycles. The van der Waals surface area contributed by atoms with Gasteiger partial charge in [-0.25, -0.2) is 4.57 Å². The highest BCUT2D eigenvalue weighted by atomic mass is 14.9. The maximum Gasteiger partial charge on any atom is 0.213 e. The van der Waals surface area contributed by atoms with Crippen molar-refractivity contribution in [3.05, 3.63) is 78.0 Å². The second-order valence-corrected chi connectivity index (χ2v) is 5.78. The number of aryl methyl sites for hydroxylation is 3. The molecule has 0 aliphatic carbocycles. The monoisotopic (exact) mass is 288 g/mol. The third kappa shape index (κ3) is 2.80. The van der Waals surface area contributed by atoms with Crippen molar-refractivity contribution in [3.63, 3.8) is 0 Å². The van der Waals surface area contributed by atoms with Gasteiger partial charge in [-0.15, -0.1) is 0 Å². The molecular formula is C21H22N+. The predicted molar refractivity (Wildman–Crippen MR) is 92.6 cm³/mol. The molecule has 1 heteroatoms. The highest BCUT2D eigenvalue weighted by Crippen LogP contribution is 2.26. The fraction of sp³-hybridized carbons (Fsp3) is 0.190. The first-order chi connectivity index (χ1) is 10.7. The van der Waals surface area contributed by atoms with Gasteiger partial charge in [0.05, 0.1) is 0 Å². The Balaban J connectivity index is 2.11. The van der Waals surface area contributed by atoms with Gasteiger partial charge in [0.15, 0.2) is 6.20 Å². The lowest BCUT2D eigenvalue weighted by Crippen LogP contribution is -2.30. The average Bonchev–Trinajstić information content (AvgIpc) is 2.56. The van der Waals surface area contributed by atoms with E-state index >= 15 is 0 Å². The molecule has 1 nitrogen and oxygen atoms in total. The SMILES string of the molecule is CCc1ccc(-c2cc(-c3ccccc3)cc[n+]2C)c(C)c1. The van der Waals surface area contributed by atoms with E-state index in [0.717, 1.165) is 6.42 Å². The van der Waals surface area contributed by atoms with Crippen LogP contribution >= 0.6 is 0 Å². The normalized spacial score (nSPS) is 10.7. The highest BCUT2D eigenvalue weighted by molar-refractivity contribution is 5.70. The largest absolute Gasteiger partial charge is 0.213 e. The first kappa shape index (κ1) is 14.5. The van der Waals surface area contributed by atoms with Crippen molar-refractivity contribution in [2.75, 3.05) is 0 Å². The summed E-state index contributed by atoms with van der Waals surface area (Å²) in [6.45, 7) is 4.40. The lowest BCUT2D eigenvalue weighted by atomic mass is 9.98. The Bertz CT molecular complexity index is 788. The summed E-state index contributed by atoms with van der Waals surface area (Å²) >= 11 is 0. The van der Waals surface area contributed by atoms with Gasteiger partial charge in [-0.1, -0.05) is 49.4 Å². The average molecular weight is 288 g/mol. The number of nitrogens with zero attached hydrogens (tertiary/aromatic N) is 1. The molecule has 0 atom stereocenters. The molecule has 0 aliphatic heterocycles. The van der Waals surface area contributed by atoms with E-state index < -0.39 is 0 Å². The minimum absolute atomic E-state index is 1.08. The third-order valence-electron chi connectivity index (χ3n) is 4.23. The van der Waals surface area contributed by atoms with Crippen LogP contribution in [0.3, 0.4) is 0 Å². The van der Waals surface area contributed by atoms with E-state index in [9.17, 15) is 0 Å². The van der Waals surface area contributed by atoms with E-state index in [0.29, 0.717) is 0 Å². The number of aromatic nitrogens is 1. The van der Waals surface area contributed by atoms with E-state index in [1.54, 1.807) is 0 Å². The molecule has 0 fully saturated rings. The molecule has 0 amide bonds. The Hall–Kier alpha value is -2.41. The van der Waals surface area contributed by atoms with Gasteiger partial charge in [0, 0.05) is 17.7 Å². The molecule has 3 aromatic rings. The van der Waals surface area contributed by atoms with Crippen molar-refractivity contribution in [3.8, 4) is 22.4 Å². The van der Waals surface area contributed by atoms with Crippen LogP contribution < -0.4 is 4.57 Å². The van der Waals surface area contributed by atoms with Gasteiger partial charge < -0.3 is 0 Å². The number of benzene rings is 2. The summed E-state index contributed by atoms with van der Waals surface area (Å²) in [5, 5.41) is 0. The summed E-state index contributed by atoms with van der Waals surface area (Å²) in [4.78, 5) is 0. The number of pyridine rings is 1. The minimum atomic E-state index is 1.08. The summed E-state index contributed by atoms with van der Waals surface area (Å²) in [7, 11) is 2.11. The molecule has 110 valence electrons. The maximum atomic E-state index is 2.30. The van der Waals surface area contributed by atoms with Crippen molar-refractivity contribution >= 4 is 0 Å². The van der Waals surface area contributed by atoms with E-state index in [1.165, 1.54) is 33.5 Å². The number of rotatable bonds is 3.